The lowest BCUT2D eigenvalue weighted by Crippen LogP contribution is -2.09. The summed E-state index contributed by atoms with van der Waals surface area (Å²) in [7, 11) is 2.11. The highest BCUT2D eigenvalue weighted by Crippen LogP contribution is 2.31. The zero-order valence-electron chi connectivity index (χ0n) is 17.2. The first-order valence-corrected chi connectivity index (χ1v) is 10.1. The number of aromatic nitrogens is 1. The summed E-state index contributed by atoms with van der Waals surface area (Å²) in [6, 6.07) is 26.2. The Bertz CT molecular complexity index is 1090. The molecule has 0 fully saturated rings. The molecule has 0 radical (unpaired) electrons. The van der Waals surface area contributed by atoms with Crippen LogP contribution in [0.25, 0.3) is 16.6 Å². The molecule has 142 valence electrons. The summed E-state index contributed by atoms with van der Waals surface area (Å²) in [5.74, 6) is 0. The van der Waals surface area contributed by atoms with Crippen molar-refractivity contribution in [3.05, 3.63) is 89.6 Å². The van der Waals surface area contributed by atoms with Crippen molar-refractivity contribution in [1.29, 1.82) is 0 Å². The van der Waals surface area contributed by atoms with Gasteiger partial charge in [0, 0.05) is 35.2 Å². The van der Waals surface area contributed by atoms with E-state index in [0.29, 0.717) is 0 Å². The topological polar surface area (TPSA) is 8.17 Å². The average Bonchev–Trinajstić information content (AvgIpc) is 2.99. The van der Waals surface area contributed by atoms with Crippen LogP contribution < -0.4 is 4.90 Å². The SMILES string of the molecule is CCCc1ccc2c(c1)c(C)c(C)n2-c1ccc(N(C)c2ccccc2)cc1. The molecule has 2 heteroatoms. The van der Waals surface area contributed by atoms with Crippen molar-refractivity contribution in [3.63, 3.8) is 0 Å². The molecule has 0 aliphatic rings. The molecule has 0 spiro atoms. The molecule has 1 aromatic heterocycles. The molecule has 3 aromatic carbocycles. The Kier molecular flexibility index (Phi) is 4.95. The molecule has 2 nitrogen and oxygen atoms in total. The Morgan fingerprint density at radius 3 is 2.18 bits per heavy atom. The second-order valence-electron chi connectivity index (χ2n) is 7.56. The molecular weight excluding hydrogens is 340 g/mol. The number of nitrogens with zero attached hydrogens (tertiary/aromatic N) is 2. The highest BCUT2D eigenvalue weighted by Gasteiger charge is 2.13. The van der Waals surface area contributed by atoms with E-state index in [1.807, 2.05) is 0 Å². The third-order valence-electron chi connectivity index (χ3n) is 5.76. The van der Waals surface area contributed by atoms with E-state index in [2.05, 4.69) is 110 Å². The first-order valence-electron chi connectivity index (χ1n) is 10.1. The molecule has 0 amide bonds. The zero-order chi connectivity index (χ0) is 19.7. The van der Waals surface area contributed by atoms with Crippen LogP contribution in [0.2, 0.25) is 0 Å². The molecule has 0 aliphatic carbocycles. The normalized spacial score (nSPS) is 11.1. The van der Waals surface area contributed by atoms with Gasteiger partial charge in [0.15, 0.2) is 0 Å². The highest BCUT2D eigenvalue weighted by atomic mass is 15.1. The van der Waals surface area contributed by atoms with E-state index in [4.69, 9.17) is 0 Å². The third-order valence-corrected chi connectivity index (χ3v) is 5.76. The summed E-state index contributed by atoms with van der Waals surface area (Å²) in [5.41, 5.74) is 8.99. The number of para-hydroxylation sites is 1. The van der Waals surface area contributed by atoms with Crippen LogP contribution in [0.15, 0.2) is 72.8 Å². The Balaban J connectivity index is 1.73. The number of benzene rings is 3. The molecule has 0 unspecified atom stereocenters. The number of hydrogen-bond acceptors (Lipinski definition) is 1. The predicted molar refractivity (Wildman–Crippen MR) is 121 cm³/mol. The quantitative estimate of drug-likeness (QED) is 0.369. The van der Waals surface area contributed by atoms with Crippen molar-refractivity contribution in [2.75, 3.05) is 11.9 Å². The maximum absolute atomic E-state index is 2.38. The molecule has 4 rings (SSSR count). The molecule has 28 heavy (non-hydrogen) atoms. The number of anilines is 2. The summed E-state index contributed by atoms with van der Waals surface area (Å²) < 4.78 is 2.38. The van der Waals surface area contributed by atoms with E-state index in [1.54, 1.807) is 0 Å². The predicted octanol–water partition coefficient (Wildman–Crippen LogP) is 6.97. The minimum Gasteiger partial charge on any atom is -0.345 e. The monoisotopic (exact) mass is 368 g/mol. The fourth-order valence-corrected chi connectivity index (χ4v) is 4.02. The number of fused-ring (bicyclic) bond motifs is 1. The van der Waals surface area contributed by atoms with Gasteiger partial charge in [-0.3, -0.25) is 0 Å². The van der Waals surface area contributed by atoms with E-state index in [-0.39, 0.29) is 0 Å². The van der Waals surface area contributed by atoms with Gasteiger partial charge in [-0.15, -0.1) is 0 Å². The molecule has 0 bridgehead atoms. The second kappa shape index (κ2) is 7.55. The van der Waals surface area contributed by atoms with E-state index < -0.39 is 0 Å². The van der Waals surface area contributed by atoms with Crippen LogP contribution in [-0.4, -0.2) is 11.6 Å². The van der Waals surface area contributed by atoms with E-state index >= 15 is 0 Å². The van der Waals surface area contributed by atoms with Crippen LogP contribution in [0.1, 0.15) is 30.2 Å². The molecule has 0 saturated heterocycles. The summed E-state index contributed by atoms with van der Waals surface area (Å²) in [6.45, 7) is 6.70. The summed E-state index contributed by atoms with van der Waals surface area (Å²) in [5, 5.41) is 1.37. The fraction of sp³-hybridized carbons (Fsp3) is 0.231. The maximum Gasteiger partial charge on any atom is 0.0534 e. The van der Waals surface area contributed by atoms with Gasteiger partial charge in [0.25, 0.3) is 0 Å². The van der Waals surface area contributed by atoms with Gasteiger partial charge in [-0.2, -0.15) is 0 Å². The van der Waals surface area contributed by atoms with Gasteiger partial charge >= 0.3 is 0 Å². The summed E-state index contributed by atoms with van der Waals surface area (Å²) in [6.07, 6.45) is 2.32. The summed E-state index contributed by atoms with van der Waals surface area (Å²) >= 11 is 0. The van der Waals surface area contributed by atoms with Crippen LogP contribution in [0.4, 0.5) is 11.4 Å². The largest absolute Gasteiger partial charge is 0.345 e. The number of rotatable bonds is 5. The van der Waals surface area contributed by atoms with Gasteiger partial charge in [0.1, 0.15) is 0 Å². The van der Waals surface area contributed by atoms with Crippen molar-refractivity contribution in [1.82, 2.24) is 4.57 Å². The molecule has 0 aliphatic heterocycles. The molecule has 0 atom stereocenters. The average molecular weight is 369 g/mol. The maximum atomic E-state index is 2.38. The standard InChI is InChI=1S/C26H28N2/c1-5-9-21-12-17-26-25(18-21)19(2)20(3)28(26)24-15-13-23(14-16-24)27(4)22-10-7-6-8-11-22/h6-8,10-18H,5,9H2,1-4H3. The molecule has 4 aromatic rings. The van der Waals surface area contributed by atoms with Crippen molar-refractivity contribution in [3.8, 4) is 5.69 Å². The van der Waals surface area contributed by atoms with Gasteiger partial charge in [-0.05, 0) is 79.9 Å². The minimum absolute atomic E-state index is 1.14. The Hall–Kier alpha value is -3.00. The van der Waals surface area contributed by atoms with E-state index in [9.17, 15) is 0 Å². The third kappa shape index (κ3) is 3.20. The minimum atomic E-state index is 1.14. The number of hydrogen-bond donors (Lipinski definition) is 0. The van der Waals surface area contributed by atoms with Crippen molar-refractivity contribution < 1.29 is 0 Å². The first kappa shape index (κ1) is 18.4. The van der Waals surface area contributed by atoms with Gasteiger partial charge < -0.3 is 9.47 Å². The smallest absolute Gasteiger partial charge is 0.0534 e. The number of aryl methyl sites for hydroxylation is 2. The Morgan fingerprint density at radius 2 is 1.50 bits per heavy atom. The lowest BCUT2D eigenvalue weighted by Gasteiger charge is -2.20. The van der Waals surface area contributed by atoms with Crippen molar-refractivity contribution in [2.24, 2.45) is 0 Å². The van der Waals surface area contributed by atoms with Crippen LogP contribution >= 0.6 is 0 Å². The second-order valence-corrected chi connectivity index (χ2v) is 7.56. The molecule has 0 N–H and O–H groups in total. The van der Waals surface area contributed by atoms with Crippen LogP contribution in [-0.2, 0) is 6.42 Å². The molecule has 0 saturated carbocycles. The van der Waals surface area contributed by atoms with Gasteiger partial charge in [0.05, 0.1) is 5.52 Å². The Labute approximate surface area is 168 Å². The van der Waals surface area contributed by atoms with Gasteiger partial charge in [-0.1, -0.05) is 37.6 Å². The molecule has 1 heterocycles. The van der Waals surface area contributed by atoms with Crippen LogP contribution in [0, 0.1) is 13.8 Å². The van der Waals surface area contributed by atoms with E-state index in [0.717, 1.165) is 6.42 Å². The molecular formula is C26H28N2. The summed E-state index contributed by atoms with van der Waals surface area (Å²) in [4.78, 5) is 2.21. The Morgan fingerprint density at radius 1 is 0.821 bits per heavy atom. The lowest BCUT2D eigenvalue weighted by atomic mass is 10.1. The first-order chi connectivity index (χ1) is 13.6. The van der Waals surface area contributed by atoms with Gasteiger partial charge in [-0.25, -0.2) is 0 Å². The van der Waals surface area contributed by atoms with Crippen LogP contribution in [0.5, 0.6) is 0 Å². The zero-order valence-corrected chi connectivity index (χ0v) is 17.2. The lowest BCUT2D eigenvalue weighted by molar-refractivity contribution is 0.923. The van der Waals surface area contributed by atoms with Crippen molar-refractivity contribution >= 4 is 22.3 Å². The van der Waals surface area contributed by atoms with Crippen molar-refractivity contribution in [2.45, 2.75) is 33.6 Å². The van der Waals surface area contributed by atoms with E-state index in [1.165, 1.54) is 51.2 Å². The fourth-order valence-electron chi connectivity index (χ4n) is 4.02. The highest BCUT2D eigenvalue weighted by molar-refractivity contribution is 5.87. The van der Waals surface area contributed by atoms with Crippen LogP contribution in [0.3, 0.4) is 0 Å². The van der Waals surface area contributed by atoms with Gasteiger partial charge in [0.2, 0.25) is 0 Å².